The van der Waals surface area contributed by atoms with Gasteiger partial charge in [-0.3, -0.25) is 0 Å². The minimum absolute atomic E-state index is 0.147. The predicted molar refractivity (Wildman–Crippen MR) is 76.6 cm³/mol. The topological polar surface area (TPSA) is 63.6 Å². The van der Waals surface area contributed by atoms with E-state index in [0.29, 0.717) is 11.3 Å². The highest BCUT2D eigenvalue weighted by atomic mass is 32.2. The number of thioether (sulfide) groups is 1. The van der Waals surface area contributed by atoms with Crippen molar-refractivity contribution in [2.24, 2.45) is 0 Å². The van der Waals surface area contributed by atoms with Crippen LogP contribution in [0, 0.1) is 0 Å². The van der Waals surface area contributed by atoms with Crippen LogP contribution < -0.4 is 4.74 Å². The maximum Gasteiger partial charge on any atom is 0.343 e. The Bertz CT molecular complexity index is 617. The average Bonchev–Trinajstić information content (AvgIpc) is 2.48. The molecule has 102 valence electrons. The summed E-state index contributed by atoms with van der Waals surface area (Å²) in [4.78, 5) is 23.7. The van der Waals surface area contributed by atoms with Crippen LogP contribution in [0.15, 0.2) is 53.4 Å². The number of hydrogen-bond acceptors (Lipinski definition) is 4. The maximum absolute atomic E-state index is 11.9. The van der Waals surface area contributed by atoms with Crippen LogP contribution >= 0.6 is 11.8 Å². The molecule has 0 aliphatic heterocycles. The number of carboxylic acid groups (broad SMARTS) is 1. The second kappa shape index (κ2) is 6.25. The molecule has 5 heteroatoms. The van der Waals surface area contributed by atoms with E-state index < -0.39 is 11.9 Å². The van der Waals surface area contributed by atoms with Gasteiger partial charge in [0.1, 0.15) is 5.75 Å². The molecule has 0 unspecified atom stereocenters. The van der Waals surface area contributed by atoms with Gasteiger partial charge in [0.05, 0.1) is 11.1 Å². The largest absolute Gasteiger partial charge is 0.478 e. The third-order valence-corrected chi connectivity index (χ3v) is 3.38. The van der Waals surface area contributed by atoms with Gasteiger partial charge in [-0.2, -0.15) is 0 Å². The number of esters is 1. The zero-order valence-electron chi connectivity index (χ0n) is 10.7. The fourth-order valence-corrected chi connectivity index (χ4v) is 1.97. The van der Waals surface area contributed by atoms with E-state index in [9.17, 15) is 9.59 Å². The molecule has 2 aromatic carbocycles. The van der Waals surface area contributed by atoms with Gasteiger partial charge < -0.3 is 9.84 Å². The third kappa shape index (κ3) is 3.39. The van der Waals surface area contributed by atoms with Crippen LogP contribution in [0.2, 0.25) is 0 Å². The molecular weight excluding hydrogens is 276 g/mol. The number of aromatic carboxylic acids is 1. The summed E-state index contributed by atoms with van der Waals surface area (Å²) in [6.45, 7) is 0. The van der Waals surface area contributed by atoms with Crippen LogP contribution in [0.3, 0.4) is 0 Å². The first-order valence-electron chi connectivity index (χ1n) is 5.80. The van der Waals surface area contributed by atoms with Gasteiger partial charge in [-0.05, 0) is 54.8 Å². The molecular formula is C15H12O4S. The molecule has 1 N–H and O–H groups in total. The molecule has 0 fully saturated rings. The van der Waals surface area contributed by atoms with Crippen LogP contribution in [0.4, 0.5) is 0 Å². The highest BCUT2D eigenvalue weighted by Crippen LogP contribution is 2.17. The van der Waals surface area contributed by atoms with E-state index in [-0.39, 0.29) is 5.56 Å². The fraction of sp³-hybridized carbons (Fsp3) is 0.0667. The van der Waals surface area contributed by atoms with Crippen LogP contribution in [-0.2, 0) is 0 Å². The number of hydrogen-bond donors (Lipinski definition) is 1. The van der Waals surface area contributed by atoms with Crippen molar-refractivity contribution in [2.45, 2.75) is 4.90 Å². The van der Waals surface area contributed by atoms with Gasteiger partial charge in [0.2, 0.25) is 0 Å². The highest BCUT2D eigenvalue weighted by Gasteiger charge is 2.09. The lowest BCUT2D eigenvalue weighted by atomic mass is 10.2. The quantitative estimate of drug-likeness (QED) is 0.531. The van der Waals surface area contributed by atoms with E-state index in [1.165, 1.54) is 24.3 Å². The van der Waals surface area contributed by atoms with Gasteiger partial charge in [-0.25, -0.2) is 9.59 Å². The van der Waals surface area contributed by atoms with Crippen molar-refractivity contribution in [3.8, 4) is 5.75 Å². The summed E-state index contributed by atoms with van der Waals surface area (Å²) in [5, 5.41) is 8.78. The molecule has 0 saturated heterocycles. The number of carbonyl (C=O) groups is 2. The van der Waals surface area contributed by atoms with Gasteiger partial charge in [-0.1, -0.05) is 0 Å². The van der Waals surface area contributed by atoms with E-state index in [4.69, 9.17) is 9.84 Å². The molecule has 0 radical (unpaired) electrons. The Hall–Kier alpha value is -2.27. The first kappa shape index (κ1) is 14.1. The molecule has 4 nitrogen and oxygen atoms in total. The summed E-state index contributed by atoms with van der Waals surface area (Å²) >= 11 is 1.59. The molecule has 2 rings (SSSR count). The number of carbonyl (C=O) groups excluding carboxylic acids is 1. The summed E-state index contributed by atoms with van der Waals surface area (Å²) in [6, 6.07) is 12.8. The standard InChI is InChI=1S/C15H12O4S/c1-20-13-8-4-11(5-9-13)15(18)19-12-6-2-10(3-7-12)14(16)17/h2-9H,1H3,(H,16,17). The molecule has 0 heterocycles. The van der Waals surface area contributed by atoms with Crippen molar-refractivity contribution in [3.05, 3.63) is 59.7 Å². The Balaban J connectivity index is 2.08. The molecule has 0 aliphatic rings. The van der Waals surface area contributed by atoms with Gasteiger partial charge >= 0.3 is 11.9 Å². The van der Waals surface area contributed by atoms with E-state index in [2.05, 4.69) is 0 Å². The second-order valence-corrected chi connectivity index (χ2v) is 4.83. The lowest BCUT2D eigenvalue weighted by Gasteiger charge is -2.05. The van der Waals surface area contributed by atoms with E-state index in [1.54, 1.807) is 23.9 Å². The van der Waals surface area contributed by atoms with Crippen molar-refractivity contribution in [3.63, 3.8) is 0 Å². The minimum atomic E-state index is -1.02. The van der Waals surface area contributed by atoms with Crippen molar-refractivity contribution in [1.29, 1.82) is 0 Å². The Morgan fingerprint density at radius 1 is 0.950 bits per heavy atom. The Kier molecular flexibility index (Phi) is 4.42. The van der Waals surface area contributed by atoms with Gasteiger partial charge in [0.15, 0.2) is 0 Å². The van der Waals surface area contributed by atoms with Crippen molar-refractivity contribution >= 4 is 23.7 Å². The highest BCUT2D eigenvalue weighted by molar-refractivity contribution is 7.98. The molecule has 2 aromatic rings. The zero-order valence-corrected chi connectivity index (χ0v) is 11.5. The van der Waals surface area contributed by atoms with Gasteiger partial charge in [0, 0.05) is 4.90 Å². The van der Waals surface area contributed by atoms with Crippen molar-refractivity contribution in [2.75, 3.05) is 6.26 Å². The van der Waals surface area contributed by atoms with Crippen LogP contribution in [0.25, 0.3) is 0 Å². The lowest BCUT2D eigenvalue weighted by molar-refractivity contribution is 0.0696. The molecule has 0 aromatic heterocycles. The Morgan fingerprint density at radius 3 is 2.00 bits per heavy atom. The van der Waals surface area contributed by atoms with Gasteiger partial charge in [0.25, 0.3) is 0 Å². The third-order valence-electron chi connectivity index (χ3n) is 2.64. The molecule has 0 amide bonds. The van der Waals surface area contributed by atoms with Crippen molar-refractivity contribution < 1.29 is 19.4 Å². The Labute approximate surface area is 120 Å². The first-order chi connectivity index (χ1) is 9.60. The van der Waals surface area contributed by atoms with Crippen LogP contribution in [0.1, 0.15) is 20.7 Å². The minimum Gasteiger partial charge on any atom is -0.478 e. The van der Waals surface area contributed by atoms with E-state index in [0.717, 1.165) is 4.90 Å². The summed E-state index contributed by atoms with van der Waals surface area (Å²) in [5.41, 5.74) is 0.597. The second-order valence-electron chi connectivity index (χ2n) is 3.95. The number of ether oxygens (including phenoxy) is 1. The van der Waals surface area contributed by atoms with Crippen molar-refractivity contribution in [1.82, 2.24) is 0 Å². The normalized spacial score (nSPS) is 10.1. The maximum atomic E-state index is 11.9. The molecule has 0 spiro atoms. The fourth-order valence-electron chi connectivity index (χ4n) is 1.56. The molecule has 0 atom stereocenters. The molecule has 20 heavy (non-hydrogen) atoms. The lowest BCUT2D eigenvalue weighted by Crippen LogP contribution is -2.08. The molecule has 0 bridgehead atoms. The number of rotatable bonds is 4. The van der Waals surface area contributed by atoms with Crippen LogP contribution in [-0.4, -0.2) is 23.3 Å². The summed E-state index contributed by atoms with van der Waals surface area (Å²) < 4.78 is 5.17. The zero-order chi connectivity index (χ0) is 14.5. The van der Waals surface area contributed by atoms with Crippen LogP contribution in [0.5, 0.6) is 5.75 Å². The first-order valence-corrected chi connectivity index (χ1v) is 7.02. The SMILES string of the molecule is CSc1ccc(C(=O)Oc2ccc(C(=O)O)cc2)cc1. The summed E-state index contributed by atoms with van der Waals surface area (Å²) in [7, 11) is 0. The molecule has 0 saturated carbocycles. The summed E-state index contributed by atoms with van der Waals surface area (Å²) in [5.74, 6) is -1.18. The van der Waals surface area contributed by atoms with E-state index in [1.807, 2.05) is 18.4 Å². The van der Waals surface area contributed by atoms with E-state index >= 15 is 0 Å². The predicted octanol–water partition coefficient (Wildman–Crippen LogP) is 3.33. The van der Waals surface area contributed by atoms with Gasteiger partial charge in [-0.15, -0.1) is 11.8 Å². The monoisotopic (exact) mass is 288 g/mol. The number of carboxylic acids is 1. The Morgan fingerprint density at radius 2 is 1.50 bits per heavy atom. The number of benzene rings is 2. The molecule has 0 aliphatic carbocycles. The average molecular weight is 288 g/mol. The smallest absolute Gasteiger partial charge is 0.343 e. The summed E-state index contributed by atoms with van der Waals surface area (Å²) in [6.07, 6.45) is 1.96.